The first kappa shape index (κ1) is 15.8. The Morgan fingerprint density at radius 1 is 1.23 bits per heavy atom. The molecular formula is C16H19N3O3. The van der Waals surface area contributed by atoms with Crippen LogP contribution in [0.5, 0.6) is 17.4 Å². The molecule has 0 bridgehead atoms. The summed E-state index contributed by atoms with van der Waals surface area (Å²) in [7, 11) is 1.61. The van der Waals surface area contributed by atoms with Crippen molar-refractivity contribution in [3.63, 3.8) is 0 Å². The third kappa shape index (κ3) is 4.75. The lowest BCUT2D eigenvalue weighted by Gasteiger charge is -2.08. The van der Waals surface area contributed by atoms with Gasteiger partial charge >= 0.3 is 0 Å². The highest BCUT2D eigenvalue weighted by atomic mass is 16.5. The third-order valence-electron chi connectivity index (χ3n) is 2.94. The van der Waals surface area contributed by atoms with Crippen molar-refractivity contribution in [3.8, 4) is 17.4 Å². The lowest BCUT2D eigenvalue weighted by atomic mass is 10.2. The Morgan fingerprint density at radius 2 is 1.95 bits per heavy atom. The SMILES string of the molecule is COc1ccc(Oc2cc(CNC(=O)CCN)ccn2)cc1. The number of hydrogen-bond donors (Lipinski definition) is 2. The van der Waals surface area contributed by atoms with E-state index in [9.17, 15) is 4.79 Å². The fourth-order valence-electron chi connectivity index (χ4n) is 1.80. The van der Waals surface area contributed by atoms with E-state index in [0.717, 1.165) is 11.3 Å². The summed E-state index contributed by atoms with van der Waals surface area (Å²) < 4.78 is 10.8. The molecule has 0 aliphatic heterocycles. The molecule has 0 saturated heterocycles. The second-order valence-corrected chi connectivity index (χ2v) is 4.60. The van der Waals surface area contributed by atoms with Crippen LogP contribution < -0.4 is 20.5 Å². The van der Waals surface area contributed by atoms with Crippen LogP contribution in [0.4, 0.5) is 0 Å². The van der Waals surface area contributed by atoms with Gasteiger partial charge in [-0.2, -0.15) is 0 Å². The minimum Gasteiger partial charge on any atom is -0.497 e. The van der Waals surface area contributed by atoms with Crippen LogP contribution in [0.25, 0.3) is 0 Å². The maximum atomic E-state index is 11.4. The number of rotatable bonds is 7. The molecule has 3 N–H and O–H groups in total. The fourth-order valence-corrected chi connectivity index (χ4v) is 1.80. The van der Waals surface area contributed by atoms with Crippen molar-refractivity contribution in [1.82, 2.24) is 10.3 Å². The molecule has 0 atom stereocenters. The number of methoxy groups -OCH3 is 1. The molecule has 0 fully saturated rings. The molecule has 1 aromatic carbocycles. The minimum atomic E-state index is -0.0723. The van der Waals surface area contributed by atoms with E-state index in [-0.39, 0.29) is 5.91 Å². The Bertz CT molecular complexity index is 614. The molecule has 0 saturated carbocycles. The lowest BCUT2D eigenvalue weighted by molar-refractivity contribution is -0.121. The molecule has 22 heavy (non-hydrogen) atoms. The highest BCUT2D eigenvalue weighted by molar-refractivity contribution is 5.76. The van der Waals surface area contributed by atoms with Crippen LogP contribution in [0.2, 0.25) is 0 Å². The van der Waals surface area contributed by atoms with E-state index in [1.807, 2.05) is 18.2 Å². The number of nitrogens with two attached hydrogens (primary N) is 1. The van der Waals surface area contributed by atoms with Crippen molar-refractivity contribution in [2.24, 2.45) is 5.73 Å². The fraction of sp³-hybridized carbons (Fsp3) is 0.250. The van der Waals surface area contributed by atoms with Crippen LogP contribution in [0, 0.1) is 0 Å². The summed E-state index contributed by atoms with van der Waals surface area (Å²) >= 11 is 0. The average Bonchev–Trinajstić information content (AvgIpc) is 2.54. The Hall–Kier alpha value is -2.60. The van der Waals surface area contributed by atoms with Crippen molar-refractivity contribution < 1.29 is 14.3 Å². The first-order valence-corrected chi connectivity index (χ1v) is 6.95. The van der Waals surface area contributed by atoms with Crippen molar-refractivity contribution in [2.45, 2.75) is 13.0 Å². The average molecular weight is 301 g/mol. The summed E-state index contributed by atoms with van der Waals surface area (Å²) in [5, 5.41) is 2.79. The normalized spacial score (nSPS) is 10.1. The van der Waals surface area contributed by atoms with Crippen LogP contribution in [0.3, 0.4) is 0 Å². The third-order valence-corrected chi connectivity index (χ3v) is 2.94. The number of nitrogens with zero attached hydrogens (tertiary/aromatic N) is 1. The monoisotopic (exact) mass is 301 g/mol. The van der Waals surface area contributed by atoms with Gasteiger partial charge in [-0.3, -0.25) is 4.79 Å². The Morgan fingerprint density at radius 3 is 2.64 bits per heavy atom. The number of benzene rings is 1. The van der Waals surface area contributed by atoms with Gasteiger partial charge in [-0.05, 0) is 35.9 Å². The number of amides is 1. The lowest BCUT2D eigenvalue weighted by Crippen LogP contribution is -2.24. The van der Waals surface area contributed by atoms with Crippen molar-refractivity contribution in [2.75, 3.05) is 13.7 Å². The first-order chi connectivity index (χ1) is 10.7. The van der Waals surface area contributed by atoms with Crippen molar-refractivity contribution in [1.29, 1.82) is 0 Å². The van der Waals surface area contributed by atoms with Gasteiger partial charge in [0.05, 0.1) is 7.11 Å². The van der Waals surface area contributed by atoms with Crippen LogP contribution in [-0.4, -0.2) is 24.5 Å². The molecule has 2 aromatic rings. The maximum absolute atomic E-state index is 11.4. The van der Waals surface area contributed by atoms with Crippen LogP contribution in [-0.2, 0) is 11.3 Å². The summed E-state index contributed by atoms with van der Waals surface area (Å²) in [5.41, 5.74) is 6.24. The second-order valence-electron chi connectivity index (χ2n) is 4.60. The molecule has 0 aliphatic carbocycles. The Balaban J connectivity index is 1.96. The molecule has 2 rings (SSSR count). The minimum absolute atomic E-state index is 0.0723. The van der Waals surface area contributed by atoms with Crippen molar-refractivity contribution in [3.05, 3.63) is 48.2 Å². The number of aromatic nitrogens is 1. The first-order valence-electron chi connectivity index (χ1n) is 6.95. The molecule has 1 amide bonds. The molecule has 0 spiro atoms. The Labute approximate surface area is 129 Å². The topological polar surface area (TPSA) is 86.5 Å². The van der Waals surface area contributed by atoms with E-state index in [4.69, 9.17) is 15.2 Å². The molecule has 6 heteroatoms. The molecule has 116 valence electrons. The van der Waals surface area contributed by atoms with E-state index in [1.54, 1.807) is 31.5 Å². The number of nitrogens with one attached hydrogen (secondary N) is 1. The smallest absolute Gasteiger partial charge is 0.221 e. The zero-order valence-electron chi connectivity index (χ0n) is 12.4. The zero-order chi connectivity index (χ0) is 15.8. The van der Waals surface area contributed by atoms with Gasteiger partial charge in [0, 0.05) is 31.8 Å². The van der Waals surface area contributed by atoms with Gasteiger partial charge in [-0.25, -0.2) is 4.98 Å². The van der Waals surface area contributed by atoms with E-state index in [1.165, 1.54) is 0 Å². The van der Waals surface area contributed by atoms with Crippen LogP contribution in [0.1, 0.15) is 12.0 Å². The van der Waals surface area contributed by atoms with Gasteiger partial charge in [0.15, 0.2) is 0 Å². The van der Waals surface area contributed by atoms with Crippen LogP contribution >= 0.6 is 0 Å². The predicted octanol–water partition coefficient (Wildman–Crippen LogP) is 1.85. The molecular weight excluding hydrogens is 282 g/mol. The quantitative estimate of drug-likeness (QED) is 0.815. The number of carbonyl (C=O) groups excluding carboxylic acids is 1. The summed E-state index contributed by atoms with van der Waals surface area (Å²) in [6.07, 6.45) is 1.96. The van der Waals surface area contributed by atoms with E-state index < -0.39 is 0 Å². The molecule has 1 heterocycles. The molecule has 0 radical (unpaired) electrons. The number of carbonyl (C=O) groups is 1. The van der Waals surface area contributed by atoms with Gasteiger partial charge in [0.25, 0.3) is 0 Å². The van der Waals surface area contributed by atoms with E-state index in [0.29, 0.717) is 31.1 Å². The Kier molecular flexibility index (Phi) is 5.73. The van der Waals surface area contributed by atoms with Gasteiger partial charge in [0.2, 0.25) is 11.8 Å². The predicted molar refractivity (Wildman–Crippen MR) is 82.8 cm³/mol. The van der Waals surface area contributed by atoms with E-state index >= 15 is 0 Å². The molecule has 1 aromatic heterocycles. The highest BCUT2D eigenvalue weighted by Gasteiger charge is 2.03. The highest BCUT2D eigenvalue weighted by Crippen LogP contribution is 2.22. The molecule has 6 nitrogen and oxygen atoms in total. The summed E-state index contributed by atoms with van der Waals surface area (Å²) in [5.74, 6) is 1.82. The van der Waals surface area contributed by atoms with Gasteiger partial charge < -0.3 is 20.5 Å². The second kappa shape index (κ2) is 7.99. The molecule has 0 aliphatic rings. The summed E-state index contributed by atoms with van der Waals surface area (Å²) in [4.78, 5) is 15.6. The maximum Gasteiger partial charge on any atom is 0.221 e. The van der Waals surface area contributed by atoms with Gasteiger partial charge in [-0.1, -0.05) is 0 Å². The summed E-state index contributed by atoms with van der Waals surface area (Å²) in [6.45, 7) is 0.758. The number of hydrogen-bond acceptors (Lipinski definition) is 5. The van der Waals surface area contributed by atoms with Gasteiger partial charge in [0.1, 0.15) is 11.5 Å². The molecule has 0 unspecified atom stereocenters. The number of pyridine rings is 1. The van der Waals surface area contributed by atoms with E-state index in [2.05, 4.69) is 10.3 Å². The zero-order valence-corrected chi connectivity index (χ0v) is 12.4. The van der Waals surface area contributed by atoms with Crippen LogP contribution in [0.15, 0.2) is 42.6 Å². The van der Waals surface area contributed by atoms with Gasteiger partial charge in [-0.15, -0.1) is 0 Å². The largest absolute Gasteiger partial charge is 0.497 e. The van der Waals surface area contributed by atoms with Crippen molar-refractivity contribution >= 4 is 5.91 Å². The number of ether oxygens (including phenoxy) is 2. The standard InChI is InChI=1S/C16H19N3O3/c1-21-13-2-4-14(5-3-13)22-16-10-12(7-9-18-16)11-19-15(20)6-8-17/h2-5,7,9-10H,6,8,11,17H2,1H3,(H,19,20). The summed E-state index contributed by atoms with van der Waals surface area (Å²) in [6, 6.07) is 10.8.